The lowest BCUT2D eigenvalue weighted by atomic mass is 10.1. The van der Waals surface area contributed by atoms with Crippen molar-refractivity contribution in [2.24, 2.45) is 4.99 Å². The van der Waals surface area contributed by atoms with Crippen molar-refractivity contribution < 1.29 is 13.7 Å². The van der Waals surface area contributed by atoms with Gasteiger partial charge in [0.15, 0.2) is 11.7 Å². The Bertz CT molecular complexity index is 766. The Kier molecular flexibility index (Phi) is 8.68. The number of benzene rings is 1. The molecule has 3 rings (SSSR count). The van der Waals surface area contributed by atoms with Gasteiger partial charge in [-0.05, 0) is 38.0 Å². The molecule has 1 aromatic heterocycles. The minimum Gasteiger partial charge on any atom is -0.367 e. The van der Waals surface area contributed by atoms with Gasteiger partial charge in [-0.2, -0.15) is 0 Å². The quantitative estimate of drug-likeness (QED) is 0.382. The van der Waals surface area contributed by atoms with Gasteiger partial charge in [-0.3, -0.25) is 0 Å². The number of rotatable bonds is 5. The van der Waals surface area contributed by atoms with Crippen molar-refractivity contribution in [1.82, 2.24) is 15.4 Å². The summed E-state index contributed by atoms with van der Waals surface area (Å²) in [5.74, 6) is 1.32. The van der Waals surface area contributed by atoms with Gasteiger partial charge in [0.2, 0.25) is 0 Å². The van der Waals surface area contributed by atoms with E-state index in [4.69, 9.17) is 14.3 Å². The second-order valence-corrected chi connectivity index (χ2v) is 6.70. The molecule has 1 aromatic carbocycles. The lowest BCUT2D eigenvalue weighted by molar-refractivity contribution is -0.0605. The van der Waals surface area contributed by atoms with Gasteiger partial charge in [-0.25, -0.2) is 9.38 Å². The van der Waals surface area contributed by atoms with Gasteiger partial charge >= 0.3 is 0 Å². The average Bonchev–Trinajstić information content (AvgIpc) is 3.13. The van der Waals surface area contributed by atoms with Crippen LogP contribution in [0.15, 0.2) is 39.8 Å². The number of guanidine groups is 1. The summed E-state index contributed by atoms with van der Waals surface area (Å²) in [6.07, 6.45) is 0.748. The highest BCUT2D eigenvalue weighted by Gasteiger charge is 2.28. The van der Waals surface area contributed by atoms with E-state index in [1.807, 2.05) is 26.8 Å². The molecule has 6 nitrogen and oxygen atoms in total. The number of hydrogen-bond acceptors (Lipinski definition) is 4. The van der Waals surface area contributed by atoms with Crippen LogP contribution in [-0.4, -0.2) is 41.8 Å². The third-order valence-electron chi connectivity index (χ3n) is 4.49. The summed E-state index contributed by atoms with van der Waals surface area (Å²) < 4.78 is 24.6. The van der Waals surface area contributed by atoms with Crippen LogP contribution in [0.5, 0.6) is 0 Å². The Morgan fingerprint density at radius 1 is 1.29 bits per heavy atom. The van der Waals surface area contributed by atoms with E-state index in [2.05, 4.69) is 15.4 Å². The van der Waals surface area contributed by atoms with E-state index in [9.17, 15) is 4.39 Å². The van der Waals surface area contributed by atoms with Crippen LogP contribution in [0, 0.1) is 5.82 Å². The molecule has 1 N–H and O–H groups in total. The molecule has 2 atom stereocenters. The summed E-state index contributed by atoms with van der Waals surface area (Å²) in [4.78, 5) is 6.90. The lowest BCUT2D eigenvalue weighted by Crippen LogP contribution is -2.50. The maximum absolute atomic E-state index is 13.2. The van der Waals surface area contributed by atoms with Crippen LogP contribution >= 0.6 is 24.0 Å². The molecule has 2 aromatic rings. The van der Waals surface area contributed by atoms with Gasteiger partial charge in [0.25, 0.3) is 0 Å². The second kappa shape index (κ2) is 10.8. The zero-order valence-corrected chi connectivity index (χ0v) is 18.9. The predicted octanol–water partition coefficient (Wildman–Crippen LogP) is 3.92. The summed E-state index contributed by atoms with van der Waals surface area (Å²) in [5, 5.41) is 7.36. The minimum absolute atomic E-state index is 0. The van der Waals surface area contributed by atoms with Crippen LogP contribution in [0.4, 0.5) is 4.39 Å². The Balaban J connectivity index is 0.00000280. The van der Waals surface area contributed by atoms with E-state index in [0.717, 1.165) is 42.5 Å². The van der Waals surface area contributed by atoms with Gasteiger partial charge in [0.1, 0.15) is 18.5 Å². The predicted molar refractivity (Wildman–Crippen MR) is 117 cm³/mol. The first-order valence-corrected chi connectivity index (χ1v) is 9.47. The topological polar surface area (TPSA) is 62.9 Å². The fourth-order valence-electron chi connectivity index (χ4n) is 3.16. The monoisotopic (exact) mass is 502 g/mol. The highest BCUT2D eigenvalue weighted by Crippen LogP contribution is 2.25. The first-order valence-electron chi connectivity index (χ1n) is 9.47. The highest BCUT2D eigenvalue weighted by atomic mass is 127. The molecule has 2 unspecified atom stereocenters. The number of aryl methyl sites for hydroxylation is 1. The number of hydrogen-bond donors (Lipinski definition) is 1. The zero-order chi connectivity index (χ0) is 19.2. The van der Waals surface area contributed by atoms with Crippen molar-refractivity contribution in [2.75, 3.05) is 19.6 Å². The summed E-state index contributed by atoms with van der Waals surface area (Å²) in [5.41, 5.74) is 1.90. The van der Waals surface area contributed by atoms with E-state index >= 15 is 0 Å². The first-order chi connectivity index (χ1) is 13.1. The average molecular weight is 502 g/mol. The molecular formula is C20H28FIN4O2. The number of aromatic nitrogens is 1. The van der Waals surface area contributed by atoms with Crippen molar-refractivity contribution in [2.45, 2.75) is 45.9 Å². The molecule has 154 valence electrons. The molecule has 1 saturated heterocycles. The molecule has 0 saturated carbocycles. The third-order valence-corrected chi connectivity index (χ3v) is 4.49. The molecule has 1 aliphatic rings. The smallest absolute Gasteiger partial charge is 0.194 e. The van der Waals surface area contributed by atoms with Crippen molar-refractivity contribution in [3.05, 3.63) is 53.2 Å². The zero-order valence-electron chi connectivity index (χ0n) is 16.5. The Morgan fingerprint density at radius 2 is 2.04 bits per heavy atom. The van der Waals surface area contributed by atoms with Crippen molar-refractivity contribution >= 4 is 29.9 Å². The fourth-order valence-corrected chi connectivity index (χ4v) is 3.16. The van der Waals surface area contributed by atoms with Crippen molar-refractivity contribution in [3.63, 3.8) is 0 Å². The number of aliphatic imine (C=N–C) groups is 1. The van der Waals surface area contributed by atoms with E-state index in [1.165, 1.54) is 12.1 Å². The van der Waals surface area contributed by atoms with Gasteiger partial charge in [-0.1, -0.05) is 24.2 Å². The summed E-state index contributed by atoms with van der Waals surface area (Å²) >= 11 is 0. The Labute approximate surface area is 182 Å². The third kappa shape index (κ3) is 5.91. The number of nitrogens with one attached hydrogen (secondary N) is 1. The maximum Gasteiger partial charge on any atom is 0.194 e. The van der Waals surface area contributed by atoms with E-state index < -0.39 is 0 Å². The molecule has 0 amide bonds. The largest absolute Gasteiger partial charge is 0.367 e. The molecule has 1 fully saturated rings. The van der Waals surface area contributed by atoms with E-state index in [-0.39, 0.29) is 42.0 Å². The van der Waals surface area contributed by atoms with Gasteiger partial charge in [-0.15, -0.1) is 24.0 Å². The molecule has 2 heterocycles. The standard InChI is InChI=1S/C20H27FN4O2.HI/c1-4-17-10-18(27-24-17)11-23-20(22-5-2)25-12-14(3)26-19(13-25)15-6-8-16(21)9-7-15;/h6-10,14,19H,4-5,11-13H2,1-3H3,(H,22,23);1H. The summed E-state index contributed by atoms with van der Waals surface area (Å²) in [7, 11) is 0. The molecule has 0 bridgehead atoms. The van der Waals surface area contributed by atoms with Crippen LogP contribution in [0.1, 0.15) is 43.9 Å². The fraction of sp³-hybridized carbons (Fsp3) is 0.500. The highest BCUT2D eigenvalue weighted by molar-refractivity contribution is 14.0. The first kappa shape index (κ1) is 22.6. The molecular weight excluding hydrogens is 474 g/mol. The van der Waals surface area contributed by atoms with Crippen molar-refractivity contribution in [3.8, 4) is 0 Å². The molecule has 0 spiro atoms. The number of nitrogens with zero attached hydrogens (tertiary/aromatic N) is 3. The van der Waals surface area contributed by atoms with E-state index in [0.29, 0.717) is 13.1 Å². The SMILES string of the molecule is CCNC(=NCc1cc(CC)no1)N1CC(C)OC(c2ccc(F)cc2)C1.I. The normalized spacial score (nSPS) is 20.0. The second-order valence-electron chi connectivity index (χ2n) is 6.70. The number of morpholine rings is 1. The summed E-state index contributed by atoms with van der Waals surface area (Å²) in [6.45, 7) is 8.71. The Hall–Kier alpha value is -1.68. The van der Waals surface area contributed by atoms with Crippen LogP contribution in [-0.2, 0) is 17.7 Å². The number of halogens is 2. The molecule has 0 aliphatic carbocycles. The van der Waals surface area contributed by atoms with Crippen LogP contribution in [0.3, 0.4) is 0 Å². The van der Waals surface area contributed by atoms with Gasteiger partial charge < -0.3 is 19.5 Å². The molecule has 0 radical (unpaired) electrons. The Morgan fingerprint density at radius 3 is 2.68 bits per heavy atom. The van der Waals surface area contributed by atoms with Crippen LogP contribution in [0.2, 0.25) is 0 Å². The van der Waals surface area contributed by atoms with Crippen LogP contribution < -0.4 is 5.32 Å². The molecule has 8 heteroatoms. The molecule has 28 heavy (non-hydrogen) atoms. The molecule has 1 aliphatic heterocycles. The minimum atomic E-state index is -0.243. The maximum atomic E-state index is 13.2. The van der Waals surface area contributed by atoms with Gasteiger partial charge in [0, 0.05) is 19.2 Å². The van der Waals surface area contributed by atoms with Crippen LogP contribution in [0.25, 0.3) is 0 Å². The van der Waals surface area contributed by atoms with Crippen molar-refractivity contribution in [1.29, 1.82) is 0 Å². The van der Waals surface area contributed by atoms with E-state index in [1.54, 1.807) is 12.1 Å². The van der Waals surface area contributed by atoms with Gasteiger partial charge in [0.05, 0.1) is 18.3 Å². The summed E-state index contributed by atoms with van der Waals surface area (Å²) in [6, 6.07) is 8.44. The lowest BCUT2D eigenvalue weighted by Gasteiger charge is -2.38. The number of ether oxygens (including phenoxy) is 1.